The number of carbonyl (C=O) groups excluding carboxylic acids is 1. The molecule has 0 unspecified atom stereocenters. The number of thiophene rings is 1. The number of amides is 1. The third-order valence-corrected chi connectivity index (χ3v) is 5.98. The fourth-order valence-corrected chi connectivity index (χ4v) is 4.22. The molecule has 0 saturated carbocycles. The van der Waals surface area contributed by atoms with Crippen molar-refractivity contribution in [1.82, 2.24) is 20.1 Å². The number of nitrogens with one attached hydrogen (secondary N) is 1. The fraction of sp³-hybridized carbons (Fsp3) is 0.190. The Hall–Kier alpha value is -3.04. The highest BCUT2D eigenvalue weighted by molar-refractivity contribution is 7.99. The van der Waals surface area contributed by atoms with Crippen molar-refractivity contribution < 1.29 is 9.32 Å². The van der Waals surface area contributed by atoms with Gasteiger partial charge in [0.1, 0.15) is 0 Å². The first-order chi connectivity index (χ1) is 14.7. The van der Waals surface area contributed by atoms with Crippen LogP contribution in [-0.2, 0) is 11.2 Å². The van der Waals surface area contributed by atoms with Crippen LogP contribution in [0.4, 0.5) is 5.69 Å². The molecule has 1 N–H and O–H groups in total. The molecule has 30 heavy (non-hydrogen) atoms. The second kappa shape index (κ2) is 9.64. The number of benzene rings is 1. The number of anilines is 1. The molecule has 3 aromatic heterocycles. The minimum absolute atomic E-state index is 0.0390. The smallest absolute Gasteiger partial charge is 0.226 e. The number of nitrogens with zero attached hydrogens (tertiary/aromatic N) is 4. The molecule has 1 amide bonds. The standard InChI is InChI=1S/C21H19N5O2S2/c1-14-13-15(30-21-22-10-4-11-23-21)8-9-16(14)24-18(27)6-2-7-19-25-20(26-28-19)17-5-3-12-29-17/h3-5,8-13H,2,6-7H2,1H3,(H,24,27). The minimum atomic E-state index is -0.0390. The molecule has 0 aliphatic rings. The number of rotatable bonds is 8. The van der Waals surface area contributed by atoms with Crippen LogP contribution in [0.3, 0.4) is 0 Å². The van der Waals surface area contributed by atoms with Crippen molar-refractivity contribution in [3.63, 3.8) is 0 Å². The molecule has 0 radical (unpaired) electrons. The van der Waals surface area contributed by atoms with Gasteiger partial charge in [-0.3, -0.25) is 4.79 Å². The zero-order valence-corrected chi connectivity index (χ0v) is 17.9. The van der Waals surface area contributed by atoms with Crippen LogP contribution in [0.1, 0.15) is 24.3 Å². The van der Waals surface area contributed by atoms with E-state index in [9.17, 15) is 4.79 Å². The predicted octanol–water partition coefficient (Wildman–Crippen LogP) is 5.01. The highest BCUT2D eigenvalue weighted by Crippen LogP contribution is 2.28. The van der Waals surface area contributed by atoms with Gasteiger partial charge in [0.05, 0.1) is 4.88 Å². The minimum Gasteiger partial charge on any atom is -0.339 e. The fourth-order valence-electron chi connectivity index (χ4n) is 2.76. The SMILES string of the molecule is Cc1cc(Sc2ncccn2)ccc1NC(=O)CCCc1nc(-c2cccs2)no1. The number of carbonyl (C=O) groups is 1. The van der Waals surface area contributed by atoms with Crippen LogP contribution in [0, 0.1) is 6.92 Å². The van der Waals surface area contributed by atoms with Gasteiger partial charge < -0.3 is 9.84 Å². The summed E-state index contributed by atoms with van der Waals surface area (Å²) in [4.78, 5) is 27.1. The quantitative estimate of drug-likeness (QED) is 0.387. The van der Waals surface area contributed by atoms with E-state index >= 15 is 0 Å². The van der Waals surface area contributed by atoms with Gasteiger partial charge in [-0.25, -0.2) is 9.97 Å². The molecule has 0 aliphatic heterocycles. The van der Waals surface area contributed by atoms with Crippen molar-refractivity contribution in [3.05, 3.63) is 65.6 Å². The lowest BCUT2D eigenvalue weighted by Gasteiger charge is -2.09. The molecule has 0 aliphatic carbocycles. The van der Waals surface area contributed by atoms with E-state index in [1.54, 1.807) is 29.8 Å². The van der Waals surface area contributed by atoms with E-state index < -0.39 is 0 Å². The number of hydrogen-bond acceptors (Lipinski definition) is 8. The molecule has 152 valence electrons. The Balaban J connectivity index is 1.26. The summed E-state index contributed by atoms with van der Waals surface area (Å²) in [5, 5.41) is 9.62. The van der Waals surface area contributed by atoms with Crippen LogP contribution in [0.25, 0.3) is 10.7 Å². The molecule has 0 spiro atoms. The average molecular weight is 438 g/mol. The van der Waals surface area contributed by atoms with Gasteiger partial charge in [-0.05, 0) is 66.4 Å². The van der Waals surface area contributed by atoms with Gasteiger partial charge in [-0.15, -0.1) is 11.3 Å². The second-order valence-corrected chi connectivity index (χ2v) is 8.49. The van der Waals surface area contributed by atoms with E-state index in [0.717, 1.165) is 21.0 Å². The molecule has 0 bridgehead atoms. The largest absolute Gasteiger partial charge is 0.339 e. The van der Waals surface area contributed by atoms with Gasteiger partial charge >= 0.3 is 0 Å². The summed E-state index contributed by atoms with van der Waals surface area (Å²) < 4.78 is 5.27. The molecule has 9 heteroatoms. The van der Waals surface area contributed by atoms with Crippen molar-refractivity contribution in [2.75, 3.05) is 5.32 Å². The Morgan fingerprint density at radius 3 is 2.83 bits per heavy atom. The van der Waals surface area contributed by atoms with E-state index in [1.807, 2.05) is 42.6 Å². The van der Waals surface area contributed by atoms with Crippen molar-refractivity contribution in [2.45, 2.75) is 36.2 Å². The zero-order valence-electron chi connectivity index (χ0n) is 16.2. The summed E-state index contributed by atoms with van der Waals surface area (Å²) in [7, 11) is 0. The van der Waals surface area contributed by atoms with Crippen LogP contribution in [0.2, 0.25) is 0 Å². The highest BCUT2D eigenvalue weighted by atomic mass is 32.2. The lowest BCUT2D eigenvalue weighted by molar-refractivity contribution is -0.116. The van der Waals surface area contributed by atoms with Gasteiger partial charge in [0.15, 0.2) is 5.16 Å². The first-order valence-corrected chi connectivity index (χ1v) is 11.1. The lowest BCUT2D eigenvalue weighted by atomic mass is 10.2. The van der Waals surface area contributed by atoms with E-state index in [2.05, 4.69) is 25.4 Å². The Morgan fingerprint density at radius 2 is 2.07 bits per heavy atom. The van der Waals surface area contributed by atoms with E-state index in [4.69, 9.17) is 4.52 Å². The summed E-state index contributed by atoms with van der Waals surface area (Å²) in [6.45, 7) is 1.97. The van der Waals surface area contributed by atoms with Crippen LogP contribution < -0.4 is 5.32 Å². The lowest BCUT2D eigenvalue weighted by Crippen LogP contribution is -2.12. The van der Waals surface area contributed by atoms with Gasteiger partial charge in [0, 0.05) is 35.8 Å². The molecule has 7 nitrogen and oxygen atoms in total. The predicted molar refractivity (Wildman–Crippen MR) is 117 cm³/mol. The zero-order chi connectivity index (χ0) is 20.8. The topological polar surface area (TPSA) is 93.8 Å². The molecule has 3 heterocycles. The highest BCUT2D eigenvalue weighted by Gasteiger charge is 2.11. The van der Waals surface area contributed by atoms with Gasteiger partial charge in [0.2, 0.25) is 17.6 Å². The maximum atomic E-state index is 12.3. The summed E-state index contributed by atoms with van der Waals surface area (Å²) in [5.74, 6) is 1.11. The first kappa shape index (κ1) is 20.2. The van der Waals surface area contributed by atoms with Crippen molar-refractivity contribution in [3.8, 4) is 10.7 Å². The molecule has 0 atom stereocenters. The molecule has 4 rings (SSSR count). The molecular formula is C21H19N5O2S2. The van der Waals surface area contributed by atoms with E-state index in [-0.39, 0.29) is 5.91 Å². The van der Waals surface area contributed by atoms with Gasteiger partial charge in [-0.1, -0.05) is 11.2 Å². The van der Waals surface area contributed by atoms with Crippen LogP contribution in [0.15, 0.2) is 68.7 Å². The van der Waals surface area contributed by atoms with Crippen molar-refractivity contribution in [1.29, 1.82) is 0 Å². The Labute approximate surface area is 182 Å². The van der Waals surface area contributed by atoms with Crippen LogP contribution >= 0.6 is 23.1 Å². The van der Waals surface area contributed by atoms with Crippen LogP contribution in [-0.4, -0.2) is 26.0 Å². The number of aromatic nitrogens is 4. The molecule has 4 aromatic rings. The average Bonchev–Trinajstić information content (AvgIpc) is 3.43. The number of hydrogen-bond donors (Lipinski definition) is 1. The summed E-state index contributed by atoms with van der Waals surface area (Å²) in [5.41, 5.74) is 1.79. The number of aryl methyl sites for hydroxylation is 2. The summed E-state index contributed by atoms with van der Waals surface area (Å²) >= 11 is 3.05. The molecule has 1 aromatic carbocycles. The van der Waals surface area contributed by atoms with E-state index in [0.29, 0.717) is 36.1 Å². The van der Waals surface area contributed by atoms with Crippen molar-refractivity contribution in [2.24, 2.45) is 0 Å². The Morgan fingerprint density at radius 1 is 1.20 bits per heavy atom. The monoisotopic (exact) mass is 437 g/mol. The van der Waals surface area contributed by atoms with Crippen LogP contribution in [0.5, 0.6) is 0 Å². The molecular weight excluding hydrogens is 418 g/mol. The third kappa shape index (κ3) is 5.31. The third-order valence-electron chi connectivity index (χ3n) is 4.23. The second-order valence-electron chi connectivity index (χ2n) is 6.50. The maximum Gasteiger partial charge on any atom is 0.226 e. The summed E-state index contributed by atoms with van der Waals surface area (Å²) in [6.07, 6.45) is 5.01. The Bertz CT molecular complexity index is 1110. The first-order valence-electron chi connectivity index (χ1n) is 9.39. The van der Waals surface area contributed by atoms with E-state index in [1.165, 1.54) is 11.8 Å². The maximum absolute atomic E-state index is 12.3. The van der Waals surface area contributed by atoms with Gasteiger partial charge in [0.25, 0.3) is 0 Å². The summed E-state index contributed by atoms with van der Waals surface area (Å²) in [6, 6.07) is 11.6. The molecule has 0 fully saturated rings. The van der Waals surface area contributed by atoms with Gasteiger partial charge in [-0.2, -0.15) is 4.98 Å². The normalized spacial score (nSPS) is 10.8. The molecule has 0 saturated heterocycles. The van der Waals surface area contributed by atoms with Crippen molar-refractivity contribution >= 4 is 34.7 Å². The Kier molecular flexibility index (Phi) is 6.50.